The summed E-state index contributed by atoms with van der Waals surface area (Å²) in [5.41, 5.74) is -1.25. The Bertz CT molecular complexity index is 698. The van der Waals surface area contributed by atoms with Gasteiger partial charge < -0.3 is 15.4 Å². The van der Waals surface area contributed by atoms with Gasteiger partial charge in [-0.15, -0.1) is 0 Å². The molecule has 2 atom stereocenters. The van der Waals surface area contributed by atoms with Crippen molar-refractivity contribution in [2.75, 3.05) is 7.11 Å². The number of carbonyl (C=O) groups is 1. The summed E-state index contributed by atoms with van der Waals surface area (Å²) in [6, 6.07) is 1.79. The predicted molar refractivity (Wildman–Crippen MR) is 104 cm³/mol. The van der Waals surface area contributed by atoms with Crippen molar-refractivity contribution in [2.24, 2.45) is 0 Å². The molecule has 3 rings (SSSR count). The van der Waals surface area contributed by atoms with Crippen LogP contribution in [-0.2, 0) is 6.18 Å². The van der Waals surface area contributed by atoms with Crippen molar-refractivity contribution in [1.29, 1.82) is 0 Å². The number of nitrogens with one attached hydrogen (secondary N) is 2. The first kappa shape index (κ1) is 22.2. The molecule has 0 bridgehead atoms. The van der Waals surface area contributed by atoms with E-state index >= 15 is 0 Å². The van der Waals surface area contributed by atoms with E-state index in [2.05, 4.69) is 10.6 Å². The molecule has 1 amide bonds. The first-order valence-corrected chi connectivity index (χ1v) is 10.7. The lowest BCUT2D eigenvalue weighted by molar-refractivity contribution is -0.137. The fourth-order valence-corrected chi connectivity index (χ4v) is 4.78. The zero-order chi connectivity index (χ0) is 21.0. The van der Waals surface area contributed by atoms with E-state index < -0.39 is 22.5 Å². The number of hydrogen-bond donors (Lipinski definition) is 2. The Morgan fingerprint density at radius 1 is 1.07 bits per heavy atom. The van der Waals surface area contributed by atoms with Crippen molar-refractivity contribution in [3.63, 3.8) is 0 Å². The molecule has 0 heterocycles. The van der Waals surface area contributed by atoms with Crippen LogP contribution < -0.4 is 15.4 Å². The number of ether oxygens (including phenoxy) is 1. The van der Waals surface area contributed by atoms with Gasteiger partial charge in [-0.2, -0.15) is 17.1 Å². The molecule has 1 aromatic rings. The van der Waals surface area contributed by atoms with E-state index in [1.54, 1.807) is 0 Å². The second-order valence-electron chi connectivity index (χ2n) is 7.75. The fourth-order valence-electron chi connectivity index (χ4n) is 4.34. The van der Waals surface area contributed by atoms with Crippen LogP contribution in [0, 0.1) is 0 Å². The maximum absolute atomic E-state index is 13.5. The van der Waals surface area contributed by atoms with E-state index in [0.717, 1.165) is 44.6 Å². The van der Waals surface area contributed by atoms with Crippen LogP contribution in [0.5, 0.6) is 5.75 Å². The van der Waals surface area contributed by atoms with Crippen LogP contribution in [0.4, 0.5) is 17.1 Å². The second kappa shape index (κ2) is 9.55. The van der Waals surface area contributed by atoms with Gasteiger partial charge in [0.05, 0.1) is 35.3 Å². The van der Waals surface area contributed by atoms with Gasteiger partial charge in [-0.25, -0.2) is 0 Å². The molecule has 2 aliphatic carbocycles. The van der Waals surface area contributed by atoms with Crippen LogP contribution >= 0.6 is 12.1 Å². The quantitative estimate of drug-likeness (QED) is 0.600. The van der Waals surface area contributed by atoms with Crippen LogP contribution in [0.3, 0.4) is 0 Å². The minimum Gasteiger partial charge on any atom is -0.496 e. The average Bonchev–Trinajstić information content (AvgIpc) is 3.20. The van der Waals surface area contributed by atoms with Crippen molar-refractivity contribution in [3.05, 3.63) is 23.3 Å². The zero-order valence-corrected chi connectivity index (χ0v) is 17.1. The minimum atomic E-state index is -4.66. The van der Waals surface area contributed by atoms with Gasteiger partial charge in [0.15, 0.2) is 0 Å². The molecule has 162 valence electrons. The third-order valence-corrected chi connectivity index (χ3v) is 6.30. The average molecular weight is 434 g/mol. The Morgan fingerprint density at radius 2 is 1.69 bits per heavy atom. The molecule has 0 radical (unpaired) electrons. The van der Waals surface area contributed by atoms with Gasteiger partial charge in [-0.3, -0.25) is 4.79 Å². The highest BCUT2D eigenvalue weighted by Gasteiger charge is 2.35. The number of amides is 1. The molecule has 0 aromatic heterocycles. The lowest BCUT2D eigenvalue weighted by Crippen LogP contribution is -2.53. The molecular weight excluding hydrogens is 408 g/mol. The number of halogens is 4. The monoisotopic (exact) mass is 434 g/mol. The Balaban J connectivity index is 1.81. The molecule has 4 nitrogen and oxygen atoms in total. The fraction of sp³-hybridized carbons (Fsp3) is 0.650. The largest absolute Gasteiger partial charge is 0.496 e. The third-order valence-electron chi connectivity index (χ3n) is 5.81. The molecule has 2 fully saturated rings. The maximum Gasteiger partial charge on any atom is 0.416 e. The Morgan fingerprint density at radius 3 is 2.28 bits per heavy atom. The molecule has 2 saturated carbocycles. The van der Waals surface area contributed by atoms with E-state index in [9.17, 15) is 21.9 Å². The van der Waals surface area contributed by atoms with Gasteiger partial charge >= 0.3 is 6.18 Å². The molecule has 0 aliphatic heterocycles. The summed E-state index contributed by atoms with van der Waals surface area (Å²) in [6.07, 6.45) is 3.69. The summed E-state index contributed by atoms with van der Waals surface area (Å²) in [5.74, 6) is -0.894. The minimum absolute atomic E-state index is 0.109. The SMILES string of the molecule is COc1cc(C(F)(F)F)cc(SF)c1C(=O)N[C@@H]1CCCC[C@@H]1NC1CCCC1. The Kier molecular flexibility index (Phi) is 7.32. The topological polar surface area (TPSA) is 50.4 Å². The van der Waals surface area contributed by atoms with Gasteiger partial charge in [0, 0.05) is 18.1 Å². The highest BCUT2D eigenvalue weighted by atomic mass is 32.2. The van der Waals surface area contributed by atoms with Crippen LogP contribution in [0.25, 0.3) is 0 Å². The number of benzene rings is 1. The molecule has 0 spiro atoms. The molecule has 29 heavy (non-hydrogen) atoms. The van der Waals surface area contributed by atoms with Gasteiger partial charge in [0.1, 0.15) is 5.75 Å². The molecule has 2 N–H and O–H groups in total. The molecule has 1 aromatic carbocycles. The van der Waals surface area contributed by atoms with Crippen LogP contribution in [-0.4, -0.2) is 31.1 Å². The number of methoxy groups -OCH3 is 1. The maximum atomic E-state index is 13.5. The first-order chi connectivity index (χ1) is 13.8. The number of carbonyl (C=O) groups excluding carboxylic acids is 1. The molecule has 2 aliphatic rings. The van der Waals surface area contributed by atoms with E-state index in [1.165, 1.54) is 20.0 Å². The van der Waals surface area contributed by atoms with Gasteiger partial charge in [-0.05, 0) is 37.8 Å². The summed E-state index contributed by atoms with van der Waals surface area (Å²) in [5, 5.41) is 6.56. The van der Waals surface area contributed by atoms with E-state index in [1.807, 2.05) is 0 Å². The van der Waals surface area contributed by atoms with Gasteiger partial charge in [-0.1, -0.05) is 25.7 Å². The second-order valence-corrected chi connectivity index (χ2v) is 8.34. The van der Waals surface area contributed by atoms with Gasteiger partial charge in [0.2, 0.25) is 0 Å². The highest BCUT2D eigenvalue weighted by Crippen LogP contribution is 2.39. The number of rotatable bonds is 6. The van der Waals surface area contributed by atoms with Crippen molar-refractivity contribution in [1.82, 2.24) is 10.6 Å². The smallest absolute Gasteiger partial charge is 0.416 e. The summed E-state index contributed by atoms with van der Waals surface area (Å²) < 4.78 is 57.7. The molecular formula is C20H26F4N2O2S. The van der Waals surface area contributed by atoms with Crippen molar-refractivity contribution in [3.8, 4) is 5.75 Å². The predicted octanol–water partition coefficient (Wildman–Crippen LogP) is 5.26. The standard InChI is InChI=1S/C20H26F4N2O2S/c1-28-16-10-12(20(21,22)23)11-17(29-24)18(16)19(27)26-15-9-5-4-8-14(15)25-13-6-2-3-7-13/h10-11,13-15,25H,2-9H2,1H3,(H,26,27)/t14-,15+/m0/s1. The highest BCUT2D eigenvalue weighted by molar-refractivity contribution is 7.94. The van der Waals surface area contributed by atoms with Crippen molar-refractivity contribution in [2.45, 2.75) is 80.6 Å². The van der Waals surface area contributed by atoms with Crippen LogP contribution in [0.1, 0.15) is 67.3 Å². The normalized spacial score (nSPS) is 23.2. The van der Waals surface area contributed by atoms with Crippen LogP contribution in [0.15, 0.2) is 17.0 Å². The summed E-state index contributed by atoms with van der Waals surface area (Å²) in [6.45, 7) is 0. The zero-order valence-electron chi connectivity index (χ0n) is 16.3. The summed E-state index contributed by atoms with van der Waals surface area (Å²) in [7, 11) is 1.17. The lowest BCUT2D eigenvalue weighted by atomic mass is 9.89. The summed E-state index contributed by atoms with van der Waals surface area (Å²) in [4.78, 5) is 12.5. The van der Waals surface area contributed by atoms with Crippen LogP contribution in [0.2, 0.25) is 0 Å². The molecule has 9 heteroatoms. The van der Waals surface area contributed by atoms with Crippen molar-refractivity contribution >= 4 is 18.1 Å². The van der Waals surface area contributed by atoms with E-state index in [-0.39, 0.29) is 35.5 Å². The first-order valence-electron chi connectivity index (χ1n) is 9.98. The Labute approximate surface area is 172 Å². The number of alkyl halides is 3. The van der Waals surface area contributed by atoms with E-state index in [4.69, 9.17) is 4.74 Å². The third kappa shape index (κ3) is 5.36. The summed E-state index contributed by atoms with van der Waals surface area (Å²) >= 11 is -0.384. The molecule has 0 unspecified atom stereocenters. The molecule has 0 saturated heterocycles. The lowest BCUT2D eigenvalue weighted by Gasteiger charge is -2.35. The van der Waals surface area contributed by atoms with Crippen molar-refractivity contribution < 1.29 is 26.6 Å². The van der Waals surface area contributed by atoms with Gasteiger partial charge in [0.25, 0.3) is 5.91 Å². The number of hydrogen-bond acceptors (Lipinski definition) is 4. The van der Waals surface area contributed by atoms with E-state index in [0.29, 0.717) is 12.1 Å². The Hall–Kier alpha value is -1.48.